The Bertz CT molecular complexity index is 970. The van der Waals surface area contributed by atoms with E-state index in [0.717, 1.165) is 19.3 Å². The van der Waals surface area contributed by atoms with Gasteiger partial charge in [0.25, 0.3) is 0 Å². The van der Waals surface area contributed by atoms with Gasteiger partial charge in [-0.25, -0.2) is 0 Å². The Morgan fingerprint density at radius 1 is 0.600 bits per heavy atom. The lowest BCUT2D eigenvalue weighted by Gasteiger charge is -2.14. The normalized spacial score (nSPS) is 11.9. The minimum atomic E-state index is 0.335. The third kappa shape index (κ3) is 3.21. The van der Waals surface area contributed by atoms with Gasteiger partial charge in [0.05, 0.1) is 0 Å². The monoisotopic (exact) mass is 330 g/mol. The summed E-state index contributed by atoms with van der Waals surface area (Å²) in [7, 11) is 0. The fraction of sp³-hybridized carbons (Fsp3) is 0.333. The van der Waals surface area contributed by atoms with Gasteiger partial charge < -0.3 is 5.11 Å². The van der Waals surface area contributed by atoms with Gasteiger partial charge in [-0.2, -0.15) is 0 Å². The Balaban J connectivity index is 1.60. The summed E-state index contributed by atoms with van der Waals surface area (Å²) in [5.41, 5.74) is 1.49. The SMILES string of the molecule is OCCCCCCCCc1cc2cccc3ccc4cccc1c4c32. The van der Waals surface area contributed by atoms with Crippen LogP contribution in [-0.2, 0) is 6.42 Å². The van der Waals surface area contributed by atoms with Gasteiger partial charge in [-0.3, -0.25) is 0 Å². The highest BCUT2D eigenvalue weighted by molar-refractivity contribution is 6.23. The summed E-state index contributed by atoms with van der Waals surface area (Å²) in [5, 5.41) is 17.2. The van der Waals surface area contributed by atoms with Gasteiger partial charge >= 0.3 is 0 Å². The first-order valence-corrected chi connectivity index (χ1v) is 9.65. The van der Waals surface area contributed by atoms with Gasteiger partial charge in [0, 0.05) is 6.61 Å². The minimum absolute atomic E-state index is 0.335. The highest BCUT2D eigenvalue weighted by atomic mass is 16.2. The summed E-state index contributed by atoms with van der Waals surface area (Å²) in [5.74, 6) is 0. The molecule has 1 heteroatoms. The van der Waals surface area contributed by atoms with E-state index in [1.54, 1.807) is 0 Å². The largest absolute Gasteiger partial charge is 0.396 e. The zero-order chi connectivity index (χ0) is 17.1. The van der Waals surface area contributed by atoms with Gasteiger partial charge in [0.2, 0.25) is 0 Å². The molecule has 128 valence electrons. The number of aryl methyl sites for hydroxylation is 1. The van der Waals surface area contributed by atoms with Crippen molar-refractivity contribution in [2.24, 2.45) is 0 Å². The predicted molar refractivity (Wildman–Crippen MR) is 109 cm³/mol. The average molecular weight is 330 g/mol. The molecule has 0 saturated carbocycles. The molecule has 0 heterocycles. The molecule has 0 aliphatic rings. The molecule has 0 fully saturated rings. The fourth-order valence-electron chi connectivity index (χ4n) is 4.18. The van der Waals surface area contributed by atoms with E-state index in [9.17, 15) is 0 Å². The zero-order valence-corrected chi connectivity index (χ0v) is 14.8. The van der Waals surface area contributed by atoms with Crippen LogP contribution in [0.2, 0.25) is 0 Å². The van der Waals surface area contributed by atoms with Crippen molar-refractivity contribution in [1.82, 2.24) is 0 Å². The van der Waals surface area contributed by atoms with Crippen LogP contribution in [-0.4, -0.2) is 11.7 Å². The van der Waals surface area contributed by atoms with E-state index < -0.39 is 0 Å². The highest BCUT2D eigenvalue weighted by Crippen LogP contribution is 2.36. The van der Waals surface area contributed by atoms with E-state index in [-0.39, 0.29) is 0 Å². The lowest BCUT2D eigenvalue weighted by molar-refractivity contribution is 0.282. The van der Waals surface area contributed by atoms with Crippen molar-refractivity contribution in [3.8, 4) is 0 Å². The number of hydrogen-bond donors (Lipinski definition) is 1. The minimum Gasteiger partial charge on any atom is -0.396 e. The molecule has 25 heavy (non-hydrogen) atoms. The Morgan fingerprint density at radius 3 is 2.04 bits per heavy atom. The summed E-state index contributed by atoms with van der Waals surface area (Å²) >= 11 is 0. The topological polar surface area (TPSA) is 20.2 Å². The third-order valence-electron chi connectivity index (χ3n) is 5.45. The molecule has 0 aliphatic carbocycles. The number of benzene rings is 4. The molecule has 0 saturated heterocycles. The first-order chi connectivity index (χ1) is 12.4. The van der Waals surface area contributed by atoms with Crippen molar-refractivity contribution in [2.45, 2.75) is 44.9 Å². The van der Waals surface area contributed by atoms with Crippen molar-refractivity contribution in [3.05, 3.63) is 60.2 Å². The molecule has 0 aromatic heterocycles. The van der Waals surface area contributed by atoms with Crippen LogP contribution in [0.5, 0.6) is 0 Å². The Kier molecular flexibility index (Phi) is 4.85. The summed E-state index contributed by atoms with van der Waals surface area (Å²) in [6.07, 6.45) is 8.33. The van der Waals surface area contributed by atoms with Gasteiger partial charge in [-0.1, -0.05) is 80.3 Å². The number of aliphatic hydroxyl groups excluding tert-OH is 1. The van der Waals surface area contributed by atoms with Crippen LogP contribution in [0.25, 0.3) is 32.3 Å². The molecule has 4 aromatic rings. The van der Waals surface area contributed by atoms with Crippen LogP contribution in [0, 0.1) is 0 Å². The molecule has 0 atom stereocenters. The molecule has 1 nitrogen and oxygen atoms in total. The second kappa shape index (κ2) is 7.41. The lowest BCUT2D eigenvalue weighted by Crippen LogP contribution is -1.92. The van der Waals surface area contributed by atoms with Crippen LogP contribution in [0.3, 0.4) is 0 Å². The standard InChI is InChI=1S/C24H26O/c25-16-6-4-2-1-3-5-9-20-17-21-12-7-10-18-14-15-19-11-8-13-22(20)24(19)23(18)21/h7-8,10-15,17,25H,1-6,9,16H2. The maximum absolute atomic E-state index is 8.85. The van der Waals surface area contributed by atoms with Crippen molar-refractivity contribution >= 4 is 32.3 Å². The van der Waals surface area contributed by atoms with Crippen molar-refractivity contribution < 1.29 is 5.11 Å². The first kappa shape index (κ1) is 16.4. The lowest BCUT2D eigenvalue weighted by atomic mass is 9.90. The second-order valence-electron chi connectivity index (χ2n) is 7.18. The molecule has 1 N–H and O–H groups in total. The summed E-state index contributed by atoms with van der Waals surface area (Å²) in [6, 6.07) is 20.3. The number of unbranched alkanes of at least 4 members (excludes halogenated alkanes) is 5. The summed E-state index contributed by atoms with van der Waals surface area (Å²) in [4.78, 5) is 0. The molecule has 4 rings (SSSR count). The molecular formula is C24H26O. The third-order valence-corrected chi connectivity index (χ3v) is 5.45. The molecule has 0 radical (unpaired) electrons. The summed E-state index contributed by atoms with van der Waals surface area (Å²) < 4.78 is 0. The summed E-state index contributed by atoms with van der Waals surface area (Å²) in [6.45, 7) is 0.335. The molecule has 0 spiro atoms. The number of aliphatic hydroxyl groups is 1. The van der Waals surface area contributed by atoms with E-state index in [1.807, 2.05) is 0 Å². The maximum atomic E-state index is 8.85. The fourth-order valence-corrected chi connectivity index (χ4v) is 4.18. The van der Waals surface area contributed by atoms with Crippen molar-refractivity contribution in [3.63, 3.8) is 0 Å². The second-order valence-corrected chi connectivity index (χ2v) is 7.18. The van der Waals surface area contributed by atoms with Gasteiger partial charge in [0.1, 0.15) is 0 Å². The van der Waals surface area contributed by atoms with E-state index >= 15 is 0 Å². The molecule has 4 aromatic carbocycles. The quantitative estimate of drug-likeness (QED) is 0.290. The number of rotatable bonds is 8. The predicted octanol–water partition coefficient (Wildman–Crippen LogP) is 6.46. The van der Waals surface area contributed by atoms with Crippen LogP contribution in [0.4, 0.5) is 0 Å². The molecule has 0 unspecified atom stereocenters. The number of hydrogen-bond acceptors (Lipinski definition) is 1. The molecular weight excluding hydrogens is 304 g/mol. The van der Waals surface area contributed by atoms with E-state index in [0.29, 0.717) is 6.61 Å². The van der Waals surface area contributed by atoms with E-state index in [4.69, 9.17) is 5.11 Å². The Morgan fingerprint density at radius 2 is 1.24 bits per heavy atom. The van der Waals surface area contributed by atoms with Gasteiger partial charge in [-0.15, -0.1) is 0 Å². The van der Waals surface area contributed by atoms with E-state index in [2.05, 4.69) is 54.6 Å². The van der Waals surface area contributed by atoms with Gasteiger partial charge in [-0.05, 0) is 57.1 Å². The first-order valence-electron chi connectivity index (χ1n) is 9.65. The molecule has 0 amide bonds. The van der Waals surface area contributed by atoms with Crippen LogP contribution in [0.1, 0.15) is 44.1 Å². The molecule has 0 aliphatic heterocycles. The highest BCUT2D eigenvalue weighted by Gasteiger charge is 2.11. The van der Waals surface area contributed by atoms with Crippen LogP contribution >= 0.6 is 0 Å². The zero-order valence-electron chi connectivity index (χ0n) is 14.8. The van der Waals surface area contributed by atoms with Crippen molar-refractivity contribution in [2.75, 3.05) is 6.61 Å². The average Bonchev–Trinajstić information content (AvgIpc) is 2.66. The Hall–Kier alpha value is -2.12. The van der Waals surface area contributed by atoms with E-state index in [1.165, 1.54) is 63.6 Å². The van der Waals surface area contributed by atoms with Gasteiger partial charge in [0.15, 0.2) is 0 Å². The van der Waals surface area contributed by atoms with Crippen molar-refractivity contribution in [1.29, 1.82) is 0 Å². The molecule has 0 bridgehead atoms. The Labute approximate surface area is 149 Å². The smallest absolute Gasteiger partial charge is 0.0431 e. The maximum Gasteiger partial charge on any atom is 0.0431 e. The van der Waals surface area contributed by atoms with Crippen LogP contribution in [0.15, 0.2) is 54.6 Å². The van der Waals surface area contributed by atoms with Crippen LogP contribution < -0.4 is 0 Å².